The number of rotatable bonds is 5. The summed E-state index contributed by atoms with van der Waals surface area (Å²) in [6.07, 6.45) is -0.0859. The zero-order valence-corrected chi connectivity index (χ0v) is 10.9. The van der Waals surface area contributed by atoms with E-state index in [-0.39, 0.29) is 27.9 Å². The standard InChI is InChI=1S/C9H10Cl2N2O3S/c10-6-1-2-7(11)8(5-6)17(15,16)13-4-3-9(12)14/h1-2,5,13H,3-4H2,(H2,12,14). The zero-order chi connectivity index (χ0) is 13.1. The summed E-state index contributed by atoms with van der Waals surface area (Å²) in [4.78, 5) is 10.4. The molecule has 0 spiro atoms. The van der Waals surface area contributed by atoms with E-state index in [1.165, 1.54) is 18.2 Å². The van der Waals surface area contributed by atoms with Crippen LogP contribution in [-0.4, -0.2) is 20.9 Å². The van der Waals surface area contributed by atoms with Gasteiger partial charge in [-0.15, -0.1) is 0 Å². The molecule has 3 N–H and O–H groups in total. The van der Waals surface area contributed by atoms with Gasteiger partial charge >= 0.3 is 0 Å². The first kappa shape index (κ1) is 14.2. The molecule has 0 aromatic heterocycles. The van der Waals surface area contributed by atoms with Crippen LogP contribution >= 0.6 is 23.2 Å². The van der Waals surface area contributed by atoms with Gasteiger partial charge in [0.25, 0.3) is 0 Å². The fourth-order valence-corrected chi connectivity index (χ4v) is 2.86. The van der Waals surface area contributed by atoms with Gasteiger partial charge in [-0.1, -0.05) is 23.2 Å². The molecule has 5 nitrogen and oxygen atoms in total. The van der Waals surface area contributed by atoms with Gasteiger partial charge in [0.05, 0.1) is 5.02 Å². The van der Waals surface area contributed by atoms with Crippen LogP contribution in [0.3, 0.4) is 0 Å². The van der Waals surface area contributed by atoms with Crippen LogP contribution in [0.1, 0.15) is 6.42 Å². The molecule has 94 valence electrons. The molecule has 0 unspecified atom stereocenters. The first-order valence-corrected chi connectivity index (χ1v) is 6.80. The first-order chi connectivity index (χ1) is 7.83. The summed E-state index contributed by atoms with van der Waals surface area (Å²) < 4.78 is 25.8. The molecule has 17 heavy (non-hydrogen) atoms. The third-order valence-corrected chi connectivity index (χ3v) is 4.02. The highest BCUT2D eigenvalue weighted by atomic mass is 35.5. The predicted octanol–water partition coefficient (Wildman–Crippen LogP) is 1.15. The Kier molecular flexibility index (Phi) is 4.76. The Morgan fingerprint density at radius 1 is 1.35 bits per heavy atom. The minimum atomic E-state index is -3.78. The summed E-state index contributed by atoms with van der Waals surface area (Å²) in [6.45, 7) is -0.0828. The highest BCUT2D eigenvalue weighted by molar-refractivity contribution is 7.89. The summed E-state index contributed by atoms with van der Waals surface area (Å²) in [6, 6.07) is 4.09. The van der Waals surface area contributed by atoms with E-state index in [0.29, 0.717) is 0 Å². The number of carbonyl (C=O) groups excluding carboxylic acids is 1. The van der Waals surface area contributed by atoms with Crippen LogP contribution in [-0.2, 0) is 14.8 Å². The number of primary amides is 1. The van der Waals surface area contributed by atoms with Gasteiger partial charge in [-0.25, -0.2) is 13.1 Å². The molecule has 1 aromatic carbocycles. The Bertz CT molecular complexity index is 531. The lowest BCUT2D eigenvalue weighted by Crippen LogP contribution is -2.28. The van der Waals surface area contributed by atoms with Crippen molar-refractivity contribution >= 4 is 39.1 Å². The molecule has 1 amide bonds. The van der Waals surface area contributed by atoms with E-state index in [4.69, 9.17) is 28.9 Å². The molecule has 0 aliphatic heterocycles. The number of amides is 1. The lowest BCUT2D eigenvalue weighted by Gasteiger charge is -2.07. The van der Waals surface area contributed by atoms with Crippen molar-refractivity contribution in [3.8, 4) is 0 Å². The molecule has 0 aliphatic rings. The Balaban J connectivity index is 2.89. The van der Waals surface area contributed by atoms with Crippen molar-refractivity contribution in [1.82, 2.24) is 4.72 Å². The maximum atomic E-state index is 11.8. The molecule has 1 aromatic rings. The Morgan fingerprint density at radius 3 is 2.59 bits per heavy atom. The molecule has 0 saturated carbocycles. The van der Waals surface area contributed by atoms with Gasteiger partial charge < -0.3 is 5.73 Å². The second-order valence-corrected chi connectivity index (χ2v) is 5.77. The number of nitrogens with two attached hydrogens (primary N) is 1. The van der Waals surface area contributed by atoms with Crippen LogP contribution in [0.2, 0.25) is 10.0 Å². The molecular weight excluding hydrogens is 287 g/mol. The van der Waals surface area contributed by atoms with E-state index in [0.717, 1.165) is 0 Å². The number of hydrogen-bond donors (Lipinski definition) is 2. The van der Waals surface area contributed by atoms with Crippen LogP contribution in [0.15, 0.2) is 23.1 Å². The summed E-state index contributed by atoms with van der Waals surface area (Å²) in [5, 5.41) is 0.311. The second-order valence-electron chi connectivity index (χ2n) is 3.19. The van der Waals surface area contributed by atoms with Crippen molar-refractivity contribution in [2.24, 2.45) is 5.73 Å². The molecule has 0 bridgehead atoms. The molecule has 1 rings (SSSR count). The maximum Gasteiger partial charge on any atom is 0.242 e. The highest BCUT2D eigenvalue weighted by Crippen LogP contribution is 2.24. The topological polar surface area (TPSA) is 89.3 Å². The Labute approximate surface area is 109 Å². The predicted molar refractivity (Wildman–Crippen MR) is 65.5 cm³/mol. The van der Waals surface area contributed by atoms with Gasteiger partial charge in [0, 0.05) is 18.0 Å². The molecular formula is C9H10Cl2N2O3S. The van der Waals surface area contributed by atoms with E-state index in [9.17, 15) is 13.2 Å². The minimum Gasteiger partial charge on any atom is -0.370 e. The quantitative estimate of drug-likeness (QED) is 0.854. The van der Waals surface area contributed by atoms with Gasteiger partial charge in [0.2, 0.25) is 15.9 Å². The number of benzene rings is 1. The Morgan fingerprint density at radius 2 is 2.00 bits per heavy atom. The van der Waals surface area contributed by atoms with E-state index in [1.807, 2.05) is 0 Å². The fourth-order valence-electron chi connectivity index (χ4n) is 1.07. The number of sulfonamides is 1. The molecule has 0 atom stereocenters. The van der Waals surface area contributed by atoms with E-state index in [1.54, 1.807) is 0 Å². The van der Waals surface area contributed by atoms with Crippen molar-refractivity contribution in [3.05, 3.63) is 28.2 Å². The summed E-state index contributed by atoms with van der Waals surface area (Å²) >= 11 is 11.4. The number of hydrogen-bond acceptors (Lipinski definition) is 3. The lowest BCUT2D eigenvalue weighted by atomic mass is 10.4. The van der Waals surface area contributed by atoms with E-state index >= 15 is 0 Å². The molecule has 0 saturated heterocycles. The normalized spacial score (nSPS) is 11.4. The maximum absolute atomic E-state index is 11.8. The van der Waals surface area contributed by atoms with Gasteiger partial charge in [-0.05, 0) is 18.2 Å². The summed E-state index contributed by atoms with van der Waals surface area (Å²) in [7, 11) is -3.78. The molecule has 0 radical (unpaired) electrons. The van der Waals surface area contributed by atoms with Crippen LogP contribution in [0, 0.1) is 0 Å². The summed E-state index contributed by atoms with van der Waals surface area (Å²) in [5.74, 6) is -0.593. The van der Waals surface area contributed by atoms with Crippen LogP contribution in [0.4, 0.5) is 0 Å². The number of halogens is 2. The molecule has 0 aliphatic carbocycles. The smallest absolute Gasteiger partial charge is 0.242 e. The minimum absolute atomic E-state index is 0.0565. The molecule has 8 heteroatoms. The van der Waals surface area contributed by atoms with Gasteiger partial charge in [0.15, 0.2) is 0 Å². The lowest BCUT2D eigenvalue weighted by molar-refractivity contribution is -0.117. The van der Waals surface area contributed by atoms with Gasteiger partial charge in [-0.3, -0.25) is 4.79 Å². The van der Waals surface area contributed by atoms with Crippen molar-refractivity contribution in [2.45, 2.75) is 11.3 Å². The van der Waals surface area contributed by atoms with Crippen molar-refractivity contribution in [1.29, 1.82) is 0 Å². The van der Waals surface area contributed by atoms with Crippen LogP contribution in [0.25, 0.3) is 0 Å². The monoisotopic (exact) mass is 296 g/mol. The van der Waals surface area contributed by atoms with Gasteiger partial charge in [0.1, 0.15) is 4.90 Å². The van der Waals surface area contributed by atoms with Crippen LogP contribution in [0.5, 0.6) is 0 Å². The van der Waals surface area contributed by atoms with Crippen molar-refractivity contribution in [3.63, 3.8) is 0 Å². The third-order valence-electron chi connectivity index (χ3n) is 1.85. The second kappa shape index (κ2) is 5.68. The molecule has 0 fully saturated rings. The SMILES string of the molecule is NC(=O)CCNS(=O)(=O)c1cc(Cl)ccc1Cl. The van der Waals surface area contributed by atoms with Crippen LogP contribution < -0.4 is 10.5 Å². The first-order valence-electron chi connectivity index (χ1n) is 4.56. The molecule has 0 heterocycles. The Hall–Kier alpha value is -0.820. The highest BCUT2D eigenvalue weighted by Gasteiger charge is 2.17. The van der Waals surface area contributed by atoms with Crippen molar-refractivity contribution in [2.75, 3.05) is 6.54 Å². The van der Waals surface area contributed by atoms with E-state index in [2.05, 4.69) is 4.72 Å². The number of carbonyl (C=O) groups is 1. The largest absolute Gasteiger partial charge is 0.370 e. The third kappa shape index (κ3) is 4.16. The van der Waals surface area contributed by atoms with E-state index < -0.39 is 15.9 Å². The summed E-state index contributed by atoms with van der Waals surface area (Å²) in [5.41, 5.74) is 4.89. The average Bonchev–Trinajstić information content (AvgIpc) is 2.20. The van der Waals surface area contributed by atoms with Crippen molar-refractivity contribution < 1.29 is 13.2 Å². The van der Waals surface area contributed by atoms with Gasteiger partial charge in [-0.2, -0.15) is 0 Å². The average molecular weight is 297 g/mol. The number of nitrogens with one attached hydrogen (secondary N) is 1. The fraction of sp³-hybridized carbons (Fsp3) is 0.222. The zero-order valence-electron chi connectivity index (χ0n) is 8.61.